The topological polar surface area (TPSA) is 184 Å². The van der Waals surface area contributed by atoms with Gasteiger partial charge in [-0.25, -0.2) is 4.39 Å². The molecule has 0 radical (unpaired) electrons. The predicted molar refractivity (Wildman–Crippen MR) is 269 cm³/mol. The van der Waals surface area contributed by atoms with Crippen LogP contribution in [0, 0.1) is 12.4 Å². The molecule has 12 heteroatoms. The van der Waals surface area contributed by atoms with Crippen molar-refractivity contribution >= 4 is 5.96 Å². The van der Waals surface area contributed by atoms with Crippen LogP contribution in [-0.4, -0.2) is 75.4 Å². The zero-order chi connectivity index (χ0) is 47.6. The Hall–Kier alpha value is -4.71. The van der Waals surface area contributed by atoms with Gasteiger partial charge in [-0.3, -0.25) is 4.99 Å². The van der Waals surface area contributed by atoms with E-state index in [-0.39, 0.29) is 34.0 Å². The molecule has 0 atom stereocenters. The van der Waals surface area contributed by atoms with Crippen molar-refractivity contribution in [3.05, 3.63) is 155 Å². The third-order valence-electron chi connectivity index (χ3n) is 15.7. The average molecular weight is 917 g/mol. The summed E-state index contributed by atoms with van der Waals surface area (Å²) in [5, 5.41) is 12.6. The Morgan fingerprint density at radius 1 is 0.627 bits per heavy atom. The number of rotatable bonds is 9. The molecule has 362 valence electrons. The van der Waals surface area contributed by atoms with E-state index in [4.69, 9.17) is 39.0 Å². The molecule has 0 aromatic heterocycles. The Bertz CT molecular complexity index is 2120. The van der Waals surface area contributed by atoms with Gasteiger partial charge in [-0.1, -0.05) is 128 Å². The van der Waals surface area contributed by atoms with Gasteiger partial charge in [0, 0.05) is 73.8 Å². The summed E-state index contributed by atoms with van der Waals surface area (Å²) < 4.78 is 24.6. The summed E-state index contributed by atoms with van der Waals surface area (Å²) in [5.41, 5.74) is 31.7. The minimum Gasteiger partial charge on any atom is -0.393 e. The molecule has 1 spiro atoms. The van der Waals surface area contributed by atoms with Gasteiger partial charge in [-0.2, -0.15) is 11.5 Å². The van der Waals surface area contributed by atoms with Crippen LogP contribution in [0.15, 0.2) is 120 Å². The molecule has 0 amide bonds. The number of nitrogens with zero attached hydrogens (tertiary/aromatic N) is 2. The molecule has 4 aromatic rings. The quantitative estimate of drug-likeness (QED) is 0.0378. The lowest BCUT2D eigenvalue weighted by molar-refractivity contribution is -0.184. The van der Waals surface area contributed by atoms with Crippen molar-refractivity contribution in [3.8, 4) is 0 Å². The van der Waals surface area contributed by atoms with E-state index in [0.29, 0.717) is 49.9 Å². The van der Waals surface area contributed by atoms with E-state index >= 15 is 0 Å². The molecule has 1 heterocycles. The van der Waals surface area contributed by atoms with Crippen LogP contribution in [0.25, 0.3) is 4.95 Å². The minimum absolute atomic E-state index is 0.0934. The fourth-order valence-corrected chi connectivity index (χ4v) is 11.2. The van der Waals surface area contributed by atoms with Crippen molar-refractivity contribution in [2.24, 2.45) is 27.9 Å². The SMILES string of the molecule is NCC1(c2cccc(F)c2)CC(O)C1.NCC1(c2ccccc2)CCC2(CC1)OCCO2.NCC1(c2ccccc2)CCCCC1.[C-]#[N+]NC(=NC)NC1CCC(CN)(c2ccccc2)CC1. The van der Waals surface area contributed by atoms with E-state index < -0.39 is 0 Å². The van der Waals surface area contributed by atoms with E-state index in [1.54, 1.807) is 13.1 Å². The molecule has 5 aliphatic rings. The lowest BCUT2D eigenvalue weighted by Crippen LogP contribution is -2.49. The van der Waals surface area contributed by atoms with Crippen molar-refractivity contribution in [2.75, 3.05) is 46.4 Å². The number of aliphatic imine (C=N–C) groups is 1. The summed E-state index contributed by atoms with van der Waals surface area (Å²) in [6, 6.07) is 38.9. The molecule has 4 aromatic carbocycles. The highest BCUT2D eigenvalue weighted by Crippen LogP contribution is 2.46. The molecule has 67 heavy (non-hydrogen) atoms. The maximum Gasteiger partial charge on any atom is 0.262 e. The summed E-state index contributed by atoms with van der Waals surface area (Å²) in [5.74, 6) is 0.0136. The second-order valence-corrected chi connectivity index (χ2v) is 19.5. The van der Waals surface area contributed by atoms with Crippen molar-refractivity contribution < 1.29 is 19.0 Å². The van der Waals surface area contributed by atoms with E-state index in [1.807, 2.05) is 12.1 Å². The molecule has 5 fully saturated rings. The number of ether oxygens (including phenoxy) is 2. The number of hydrogen-bond acceptors (Lipinski definition) is 8. The molecule has 4 saturated carbocycles. The Morgan fingerprint density at radius 2 is 1.07 bits per heavy atom. The zero-order valence-corrected chi connectivity index (χ0v) is 39.8. The Morgan fingerprint density at radius 3 is 1.49 bits per heavy atom. The highest BCUT2D eigenvalue weighted by molar-refractivity contribution is 5.80. The van der Waals surface area contributed by atoms with Crippen molar-refractivity contribution in [3.63, 3.8) is 0 Å². The number of nitrogens with one attached hydrogen (secondary N) is 2. The third kappa shape index (κ3) is 12.9. The van der Waals surface area contributed by atoms with Crippen LogP contribution in [0.5, 0.6) is 0 Å². The second-order valence-electron chi connectivity index (χ2n) is 19.5. The largest absolute Gasteiger partial charge is 0.393 e. The highest BCUT2D eigenvalue weighted by Gasteiger charge is 2.47. The molecule has 1 saturated heterocycles. The van der Waals surface area contributed by atoms with E-state index in [0.717, 1.165) is 76.7 Å². The smallest absolute Gasteiger partial charge is 0.262 e. The molecular weight excluding hydrogens is 840 g/mol. The normalized spacial score (nSPS) is 25.8. The first-order valence-corrected chi connectivity index (χ1v) is 24.6. The van der Waals surface area contributed by atoms with Gasteiger partial charge >= 0.3 is 0 Å². The highest BCUT2D eigenvalue weighted by atomic mass is 19.1. The molecule has 9 rings (SSSR count). The summed E-state index contributed by atoms with van der Waals surface area (Å²) in [7, 11) is 1.68. The van der Waals surface area contributed by atoms with Crippen LogP contribution < -0.4 is 33.7 Å². The van der Waals surface area contributed by atoms with Gasteiger partial charge in [-0.05, 0) is 98.6 Å². The number of halogens is 1. The van der Waals surface area contributed by atoms with Crippen molar-refractivity contribution in [2.45, 2.75) is 136 Å². The maximum atomic E-state index is 13.0. The second kappa shape index (κ2) is 24.5. The summed E-state index contributed by atoms with van der Waals surface area (Å²) in [6.45, 7) is 11.0. The van der Waals surface area contributed by atoms with Gasteiger partial charge in [0.25, 0.3) is 5.96 Å². The van der Waals surface area contributed by atoms with Crippen molar-refractivity contribution in [1.29, 1.82) is 0 Å². The van der Waals surface area contributed by atoms with Crippen LogP contribution in [0.4, 0.5) is 4.39 Å². The monoisotopic (exact) mass is 917 g/mol. The predicted octanol–water partition coefficient (Wildman–Crippen LogP) is 8.05. The molecule has 11 nitrogen and oxygen atoms in total. The Kier molecular flexibility index (Phi) is 18.9. The first-order chi connectivity index (χ1) is 32.6. The number of aliphatic hydroxyl groups is 1. The number of aliphatic hydroxyl groups excluding tert-OH is 1. The lowest BCUT2D eigenvalue weighted by Gasteiger charge is -2.45. The third-order valence-corrected chi connectivity index (χ3v) is 15.7. The first kappa shape index (κ1) is 51.7. The Balaban J connectivity index is 0.000000149. The fourth-order valence-electron chi connectivity index (χ4n) is 11.2. The first-order valence-electron chi connectivity index (χ1n) is 24.6. The van der Waals surface area contributed by atoms with Crippen molar-refractivity contribution in [1.82, 2.24) is 10.7 Å². The average Bonchev–Trinajstić information content (AvgIpc) is 3.85. The van der Waals surface area contributed by atoms with Gasteiger partial charge < -0.3 is 42.8 Å². The van der Waals surface area contributed by atoms with Crippen LogP contribution in [-0.2, 0) is 31.1 Å². The van der Waals surface area contributed by atoms with Crippen LogP contribution >= 0.6 is 0 Å². The van der Waals surface area contributed by atoms with Gasteiger partial charge in [-0.15, -0.1) is 0 Å². The van der Waals surface area contributed by atoms with Gasteiger partial charge in [0.1, 0.15) is 5.82 Å². The van der Waals surface area contributed by atoms with Gasteiger partial charge in [0.05, 0.1) is 19.3 Å². The van der Waals surface area contributed by atoms with E-state index in [2.05, 4.69) is 106 Å². The molecule has 4 aliphatic carbocycles. The van der Waals surface area contributed by atoms with Crippen LogP contribution in [0.2, 0.25) is 0 Å². The van der Waals surface area contributed by atoms with E-state index in [1.165, 1.54) is 60.9 Å². The zero-order valence-electron chi connectivity index (χ0n) is 39.8. The maximum absolute atomic E-state index is 13.0. The summed E-state index contributed by atoms with van der Waals surface area (Å²) >= 11 is 0. The molecular formula is C55H77FN8O3. The number of benzene rings is 4. The standard InChI is InChI=1S/C16H23N5.C15H21NO2.C13H19N.C11H14FNO/c1-18-15(21-19-2)20-14-8-10-16(12-17,11-9-14)13-6-4-3-5-7-13;16-12-14(13-4-2-1-3-5-13)6-8-15(9-7-14)17-10-11-18-15;14-11-13(9-5-2-6-10-13)12-7-3-1-4-8-12;12-9-3-1-2-8(4-9)11(7-13)5-10(14)6-11/h3-7,14H,8-12,17H2,1H3,(H2,18,20,21);1-5H,6-12,16H2;1,3-4,7-8H,2,5-6,9-11,14H2;1-4,10,14H,5-7,13H2. The summed E-state index contributed by atoms with van der Waals surface area (Å²) in [6.07, 6.45) is 15.8. The van der Waals surface area contributed by atoms with Gasteiger partial charge in [0.15, 0.2) is 5.79 Å². The summed E-state index contributed by atoms with van der Waals surface area (Å²) in [4.78, 5) is 7.19. The number of hydrogen-bond donors (Lipinski definition) is 7. The van der Waals surface area contributed by atoms with Crippen LogP contribution in [0.1, 0.15) is 119 Å². The van der Waals surface area contributed by atoms with Crippen LogP contribution in [0.3, 0.4) is 0 Å². The van der Waals surface area contributed by atoms with Gasteiger partial charge in [0.2, 0.25) is 0 Å². The number of nitrogens with two attached hydrogens (primary N) is 4. The van der Waals surface area contributed by atoms with E-state index in [9.17, 15) is 9.50 Å². The molecule has 1 aliphatic heterocycles. The molecule has 11 N–H and O–H groups in total. The lowest BCUT2D eigenvalue weighted by atomic mass is 9.63. The molecule has 0 unspecified atom stereocenters. The minimum atomic E-state index is -0.298. The number of guanidine groups is 1. The molecule has 0 bridgehead atoms. The Labute approximate surface area is 399 Å². The fraction of sp³-hybridized carbons (Fsp3) is 0.527.